The van der Waals surface area contributed by atoms with Crippen molar-refractivity contribution in [3.63, 3.8) is 0 Å². The fourth-order valence-corrected chi connectivity index (χ4v) is 3.81. The number of aryl methyl sites for hydroxylation is 2. The number of aromatic nitrogens is 1. The molecule has 27 heavy (non-hydrogen) atoms. The van der Waals surface area contributed by atoms with Crippen molar-refractivity contribution in [1.82, 2.24) is 4.98 Å². The first-order valence-corrected chi connectivity index (χ1v) is 9.42. The van der Waals surface area contributed by atoms with Crippen molar-refractivity contribution < 1.29 is 9.21 Å². The molecule has 5 heteroatoms. The van der Waals surface area contributed by atoms with Gasteiger partial charge in [-0.1, -0.05) is 6.07 Å². The van der Waals surface area contributed by atoms with E-state index >= 15 is 0 Å². The molecule has 0 fully saturated rings. The van der Waals surface area contributed by atoms with E-state index in [1.165, 1.54) is 16.3 Å². The number of carbonyl (C=O) groups is 1. The predicted octanol–water partition coefficient (Wildman–Crippen LogP) is 5.83. The highest BCUT2D eigenvalue weighted by Gasteiger charge is 2.07. The number of hydrogen-bond donors (Lipinski definition) is 1. The minimum absolute atomic E-state index is 0.202. The average Bonchev–Trinajstić information content (AvgIpc) is 3.26. The highest BCUT2D eigenvalue weighted by atomic mass is 32.1. The Morgan fingerprint density at radius 1 is 1.07 bits per heavy atom. The van der Waals surface area contributed by atoms with Gasteiger partial charge in [0.25, 0.3) is 0 Å². The molecule has 0 radical (unpaired) electrons. The lowest BCUT2D eigenvalue weighted by molar-refractivity contribution is -0.111. The molecule has 0 spiro atoms. The molecule has 0 atom stereocenters. The normalized spacial score (nSPS) is 11.3. The van der Waals surface area contributed by atoms with Crippen molar-refractivity contribution in [2.75, 3.05) is 5.32 Å². The molecule has 134 valence electrons. The number of rotatable bonds is 4. The number of nitrogens with one attached hydrogen (secondary N) is 1. The van der Waals surface area contributed by atoms with Gasteiger partial charge in [-0.15, -0.1) is 11.3 Å². The highest BCUT2D eigenvalue weighted by molar-refractivity contribution is 7.21. The van der Waals surface area contributed by atoms with Gasteiger partial charge >= 0.3 is 0 Å². The molecule has 4 aromatic rings. The fourth-order valence-electron chi connectivity index (χ4n) is 2.74. The van der Waals surface area contributed by atoms with E-state index in [0.29, 0.717) is 5.76 Å². The van der Waals surface area contributed by atoms with Gasteiger partial charge in [-0.3, -0.25) is 4.79 Å². The Morgan fingerprint density at radius 2 is 1.89 bits per heavy atom. The molecule has 4 nitrogen and oxygen atoms in total. The van der Waals surface area contributed by atoms with Gasteiger partial charge < -0.3 is 9.73 Å². The first-order valence-electron chi connectivity index (χ1n) is 8.60. The summed E-state index contributed by atoms with van der Waals surface area (Å²) in [6.45, 7) is 3.95. The van der Waals surface area contributed by atoms with Crippen LogP contribution in [0.2, 0.25) is 0 Å². The third kappa shape index (κ3) is 3.99. The summed E-state index contributed by atoms with van der Waals surface area (Å²) in [5, 5.41) is 3.82. The Balaban J connectivity index is 1.46. The van der Waals surface area contributed by atoms with Crippen molar-refractivity contribution in [2.24, 2.45) is 0 Å². The molecule has 0 aliphatic carbocycles. The minimum Gasteiger partial charge on any atom is -0.462 e. The van der Waals surface area contributed by atoms with Gasteiger partial charge in [-0.05, 0) is 74.0 Å². The largest absolute Gasteiger partial charge is 0.462 e. The Morgan fingerprint density at radius 3 is 2.63 bits per heavy atom. The number of anilines is 1. The van der Waals surface area contributed by atoms with Gasteiger partial charge in [-0.2, -0.15) is 0 Å². The number of hydrogen-bond acceptors (Lipinski definition) is 4. The standard InChI is InChI=1S/C22H18N2O2S/c1-14-3-11-19-20(13-14)27-22(24-19)16-5-7-17(8-6-16)23-21(25)12-10-18-9-4-15(2)26-18/h3-13H,1-2H3,(H,23,25). The molecular formula is C22H18N2O2S. The monoisotopic (exact) mass is 374 g/mol. The number of benzene rings is 2. The average molecular weight is 374 g/mol. The molecule has 2 aromatic carbocycles. The van der Waals surface area contributed by atoms with E-state index in [4.69, 9.17) is 4.42 Å². The van der Waals surface area contributed by atoms with Crippen molar-refractivity contribution in [1.29, 1.82) is 0 Å². The first kappa shape index (κ1) is 17.2. The molecule has 0 saturated heterocycles. The second-order valence-electron chi connectivity index (χ2n) is 6.34. The number of amides is 1. The third-order valence-electron chi connectivity index (χ3n) is 4.10. The summed E-state index contributed by atoms with van der Waals surface area (Å²) in [6.07, 6.45) is 3.11. The number of carbonyl (C=O) groups excluding carboxylic acids is 1. The summed E-state index contributed by atoms with van der Waals surface area (Å²) < 4.78 is 6.59. The Labute approximate surface area is 161 Å². The predicted molar refractivity (Wildman–Crippen MR) is 111 cm³/mol. The zero-order valence-corrected chi connectivity index (χ0v) is 15.8. The summed E-state index contributed by atoms with van der Waals surface area (Å²) >= 11 is 1.67. The lowest BCUT2D eigenvalue weighted by Crippen LogP contribution is -2.07. The van der Waals surface area contributed by atoms with Crippen LogP contribution < -0.4 is 5.32 Å². The second-order valence-corrected chi connectivity index (χ2v) is 7.37. The van der Waals surface area contributed by atoms with Crippen LogP contribution in [0.15, 0.2) is 65.1 Å². The van der Waals surface area contributed by atoms with Gasteiger partial charge in [0.1, 0.15) is 16.5 Å². The molecule has 0 bridgehead atoms. The van der Waals surface area contributed by atoms with Crippen LogP contribution in [-0.2, 0) is 4.79 Å². The van der Waals surface area contributed by atoms with Crippen LogP contribution in [0.4, 0.5) is 5.69 Å². The summed E-state index contributed by atoms with van der Waals surface area (Å²) in [7, 11) is 0. The van der Waals surface area contributed by atoms with Gasteiger partial charge in [0.05, 0.1) is 10.2 Å². The first-order chi connectivity index (χ1) is 13.1. The summed E-state index contributed by atoms with van der Waals surface area (Å²) in [5.41, 5.74) is 4.01. The zero-order valence-electron chi connectivity index (χ0n) is 15.0. The number of nitrogens with zero attached hydrogens (tertiary/aromatic N) is 1. The molecule has 2 heterocycles. The maximum Gasteiger partial charge on any atom is 0.248 e. The Hall–Kier alpha value is -3.18. The van der Waals surface area contributed by atoms with Crippen LogP contribution in [0.1, 0.15) is 17.1 Å². The van der Waals surface area contributed by atoms with Crippen LogP contribution in [0.25, 0.3) is 26.9 Å². The molecule has 0 saturated carbocycles. The highest BCUT2D eigenvalue weighted by Crippen LogP contribution is 2.31. The van der Waals surface area contributed by atoms with Gasteiger partial charge in [0.2, 0.25) is 5.91 Å². The van der Waals surface area contributed by atoms with E-state index in [2.05, 4.69) is 29.4 Å². The van der Waals surface area contributed by atoms with Crippen molar-refractivity contribution >= 4 is 39.2 Å². The van der Waals surface area contributed by atoms with Crippen LogP contribution in [-0.4, -0.2) is 10.9 Å². The van der Waals surface area contributed by atoms with Crippen LogP contribution in [0, 0.1) is 13.8 Å². The lowest BCUT2D eigenvalue weighted by Gasteiger charge is -2.03. The van der Waals surface area contributed by atoms with E-state index in [0.717, 1.165) is 27.5 Å². The van der Waals surface area contributed by atoms with Crippen LogP contribution in [0.3, 0.4) is 0 Å². The van der Waals surface area contributed by atoms with E-state index in [-0.39, 0.29) is 5.91 Å². The van der Waals surface area contributed by atoms with Crippen LogP contribution in [0.5, 0.6) is 0 Å². The van der Waals surface area contributed by atoms with Crippen molar-refractivity contribution in [3.8, 4) is 10.6 Å². The van der Waals surface area contributed by atoms with Gasteiger partial charge in [0, 0.05) is 17.3 Å². The van der Waals surface area contributed by atoms with E-state index in [1.807, 2.05) is 49.4 Å². The van der Waals surface area contributed by atoms with Crippen molar-refractivity contribution in [2.45, 2.75) is 13.8 Å². The molecular weight excluding hydrogens is 356 g/mol. The summed E-state index contributed by atoms with van der Waals surface area (Å²) in [5.74, 6) is 1.27. The molecule has 1 amide bonds. The maximum atomic E-state index is 12.0. The van der Waals surface area contributed by atoms with E-state index in [1.54, 1.807) is 17.4 Å². The fraction of sp³-hybridized carbons (Fsp3) is 0.0909. The summed E-state index contributed by atoms with van der Waals surface area (Å²) in [6, 6.07) is 17.7. The minimum atomic E-state index is -0.202. The maximum absolute atomic E-state index is 12.0. The SMILES string of the molecule is Cc1ccc2nc(-c3ccc(NC(=O)C=Cc4ccc(C)o4)cc3)sc2c1. The molecule has 0 unspecified atom stereocenters. The quantitative estimate of drug-likeness (QED) is 0.458. The molecule has 0 aliphatic heterocycles. The van der Waals surface area contributed by atoms with E-state index in [9.17, 15) is 4.79 Å². The van der Waals surface area contributed by atoms with E-state index < -0.39 is 0 Å². The van der Waals surface area contributed by atoms with Crippen molar-refractivity contribution in [3.05, 3.63) is 77.8 Å². The Kier molecular flexibility index (Phi) is 4.60. The van der Waals surface area contributed by atoms with Gasteiger partial charge in [-0.25, -0.2) is 4.98 Å². The second kappa shape index (κ2) is 7.21. The molecule has 2 aromatic heterocycles. The van der Waals surface area contributed by atoms with Crippen LogP contribution >= 0.6 is 11.3 Å². The molecule has 1 N–H and O–H groups in total. The molecule has 4 rings (SSSR count). The summed E-state index contributed by atoms with van der Waals surface area (Å²) in [4.78, 5) is 16.7. The lowest BCUT2D eigenvalue weighted by atomic mass is 10.2. The number of fused-ring (bicyclic) bond motifs is 1. The smallest absolute Gasteiger partial charge is 0.248 e. The topological polar surface area (TPSA) is 55.1 Å². The van der Waals surface area contributed by atoms with Gasteiger partial charge in [0.15, 0.2) is 0 Å². The zero-order chi connectivity index (χ0) is 18.8. The molecule has 0 aliphatic rings. The third-order valence-corrected chi connectivity index (χ3v) is 5.17. The number of thiazole rings is 1. The number of furan rings is 1. The Bertz CT molecular complexity index is 1140.